The zero-order valence-electron chi connectivity index (χ0n) is 11.8. The van der Waals surface area contributed by atoms with Crippen LogP contribution in [0.5, 0.6) is 0 Å². The number of hydrogen-bond donors (Lipinski definition) is 1. The van der Waals surface area contributed by atoms with Gasteiger partial charge in [-0.1, -0.05) is 31.4 Å². The van der Waals surface area contributed by atoms with Crippen molar-refractivity contribution in [2.75, 3.05) is 19.3 Å². The van der Waals surface area contributed by atoms with Crippen molar-refractivity contribution < 1.29 is 4.79 Å². The summed E-state index contributed by atoms with van der Waals surface area (Å²) in [5.41, 5.74) is 7.42. The molecule has 1 amide bonds. The monoisotopic (exact) mass is 260 g/mol. The molecule has 0 radical (unpaired) electrons. The minimum absolute atomic E-state index is 0.204. The number of hydrogen-bond acceptors (Lipinski definition) is 2. The number of rotatable bonds is 4. The predicted molar refractivity (Wildman–Crippen MR) is 78.8 cm³/mol. The molecule has 3 heteroatoms. The van der Waals surface area contributed by atoms with Gasteiger partial charge in [-0.3, -0.25) is 4.79 Å². The lowest BCUT2D eigenvalue weighted by molar-refractivity contribution is -0.129. The average molecular weight is 260 g/mol. The number of carbonyl (C=O) groups excluding carboxylic acids is 1. The molecule has 2 N–H and O–H groups in total. The maximum atomic E-state index is 12.2. The Hall–Kier alpha value is -1.51. The number of nitrogens with zero attached hydrogens (tertiary/aromatic N) is 1. The number of likely N-dealkylation sites (N-methyl/N-ethyl adjacent to an activating group) is 1. The topological polar surface area (TPSA) is 46.3 Å². The molecule has 0 spiro atoms. The third kappa shape index (κ3) is 4.27. The maximum absolute atomic E-state index is 12.2. The van der Waals surface area contributed by atoms with Crippen molar-refractivity contribution in [3.63, 3.8) is 0 Å². The van der Waals surface area contributed by atoms with E-state index in [4.69, 9.17) is 5.73 Å². The number of anilines is 1. The molecule has 104 valence electrons. The second kappa shape index (κ2) is 6.60. The minimum Gasteiger partial charge on any atom is -0.399 e. The lowest BCUT2D eigenvalue weighted by atomic mass is 9.89. The summed E-state index contributed by atoms with van der Waals surface area (Å²) < 4.78 is 0. The molecule has 1 fully saturated rings. The van der Waals surface area contributed by atoms with Gasteiger partial charge in [-0.25, -0.2) is 0 Å². The Morgan fingerprint density at radius 3 is 2.47 bits per heavy atom. The van der Waals surface area contributed by atoms with Crippen molar-refractivity contribution in [3.05, 3.63) is 29.8 Å². The Morgan fingerprint density at radius 1 is 1.21 bits per heavy atom. The SMILES string of the molecule is CN(CC1CCCCC1)C(=O)Cc1ccc(N)cc1. The smallest absolute Gasteiger partial charge is 0.226 e. The van der Waals surface area contributed by atoms with Crippen LogP contribution in [0.4, 0.5) is 5.69 Å². The first kappa shape index (κ1) is 13.9. The van der Waals surface area contributed by atoms with Gasteiger partial charge in [0.15, 0.2) is 0 Å². The normalized spacial score (nSPS) is 16.3. The van der Waals surface area contributed by atoms with E-state index in [1.165, 1.54) is 32.1 Å². The van der Waals surface area contributed by atoms with Crippen LogP contribution in [-0.4, -0.2) is 24.4 Å². The fourth-order valence-electron chi connectivity index (χ4n) is 2.80. The molecule has 0 unspecified atom stereocenters. The lowest BCUT2D eigenvalue weighted by Gasteiger charge is -2.27. The van der Waals surface area contributed by atoms with Crippen LogP contribution in [0.3, 0.4) is 0 Å². The molecule has 1 saturated carbocycles. The summed E-state index contributed by atoms with van der Waals surface area (Å²) in [6.45, 7) is 0.911. The second-order valence-electron chi connectivity index (χ2n) is 5.70. The molecular weight excluding hydrogens is 236 g/mol. The first-order valence-corrected chi connectivity index (χ1v) is 7.23. The van der Waals surface area contributed by atoms with Crippen LogP contribution in [-0.2, 0) is 11.2 Å². The Morgan fingerprint density at radius 2 is 1.84 bits per heavy atom. The first-order chi connectivity index (χ1) is 9.15. The summed E-state index contributed by atoms with van der Waals surface area (Å²) in [5.74, 6) is 0.907. The molecule has 0 atom stereocenters. The molecule has 0 aromatic heterocycles. The van der Waals surface area contributed by atoms with Crippen LogP contribution in [0, 0.1) is 5.92 Å². The number of amides is 1. The molecule has 0 bridgehead atoms. The van der Waals surface area contributed by atoms with Gasteiger partial charge in [-0.05, 0) is 36.5 Å². The molecule has 1 aliphatic rings. The van der Waals surface area contributed by atoms with Crippen LogP contribution < -0.4 is 5.73 Å². The summed E-state index contributed by atoms with van der Waals surface area (Å²) in [5, 5.41) is 0. The zero-order chi connectivity index (χ0) is 13.7. The third-order valence-corrected chi connectivity index (χ3v) is 4.02. The van der Waals surface area contributed by atoms with Crippen molar-refractivity contribution in [2.45, 2.75) is 38.5 Å². The highest BCUT2D eigenvalue weighted by Gasteiger charge is 2.18. The van der Waals surface area contributed by atoms with E-state index in [1.807, 2.05) is 36.2 Å². The molecule has 2 rings (SSSR count). The second-order valence-corrected chi connectivity index (χ2v) is 5.70. The molecule has 0 saturated heterocycles. The number of benzene rings is 1. The summed E-state index contributed by atoms with van der Waals surface area (Å²) in [4.78, 5) is 14.1. The van der Waals surface area contributed by atoms with Crippen LogP contribution in [0.1, 0.15) is 37.7 Å². The molecule has 1 aliphatic carbocycles. The van der Waals surface area contributed by atoms with Crippen molar-refractivity contribution in [2.24, 2.45) is 5.92 Å². The number of nitrogen functional groups attached to an aromatic ring is 1. The van der Waals surface area contributed by atoms with E-state index in [2.05, 4.69) is 0 Å². The molecule has 0 heterocycles. The van der Waals surface area contributed by atoms with E-state index in [1.54, 1.807) is 0 Å². The zero-order valence-corrected chi connectivity index (χ0v) is 11.8. The van der Waals surface area contributed by atoms with Gasteiger partial charge in [-0.15, -0.1) is 0 Å². The van der Waals surface area contributed by atoms with Gasteiger partial charge < -0.3 is 10.6 Å². The van der Waals surface area contributed by atoms with Gasteiger partial charge in [-0.2, -0.15) is 0 Å². The average Bonchev–Trinajstić information content (AvgIpc) is 2.42. The van der Waals surface area contributed by atoms with Crippen molar-refractivity contribution >= 4 is 11.6 Å². The van der Waals surface area contributed by atoms with Gasteiger partial charge in [0, 0.05) is 19.3 Å². The fourth-order valence-corrected chi connectivity index (χ4v) is 2.80. The number of carbonyl (C=O) groups is 1. The van der Waals surface area contributed by atoms with Crippen LogP contribution in [0.2, 0.25) is 0 Å². The van der Waals surface area contributed by atoms with E-state index >= 15 is 0 Å². The van der Waals surface area contributed by atoms with E-state index in [0.717, 1.165) is 17.8 Å². The van der Waals surface area contributed by atoms with Gasteiger partial charge in [0.2, 0.25) is 5.91 Å². The van der Waals surface area contributed by atoms with Crippen LogP contribution >= 0.6 is 0 Å². The molecule has 3 nitrogen and oxygen atoms in total. The summed E-state index contributed by atoms with van der Waals surface area (Å²) in [6, 6.07) is 7.57. The van der Waals surface area contributed by atoms with Gasteiger partial charge in [0.25, 0.3) is 0 Å². The molecule has 1 aromatic carbocycles. The lowest BCUT2D eigenvalue weighted by Crippen LogP contribution is -2.33. The maximum Gasteiger partial charge on any atom is 0.226 e. The molecule has 0 aliphatic heterocycles. The van der Waals surface area contributed by atoms with E-state index in [9.17, 15) is 4.79 Å². The highest BCUT2D eigenvalue weighted by atomic mass is 16.2. The summed E-state index contributed by atoms with van der Waals surface area (Å²) in [6.07, 6.45) is 7.04. The van der Waals surface area contributed by atoms with Gasteiger partial charge in [0.1, 0.15) is 0 Å². The van der Waals surface area contributed by atoms with E-state index in [0.29, 0.717) is 12.3 Å². The first-order valence-electron chi connectivity index (χ1n) is 7.23. The highest BCUT2D eigenvalue weighted by Crippen LogP contribution is 2.24. The summed E-state index contributed by atoms with van der Waals surface area (Å²) >= 11 is 0. The Labute approximate surface area is 115 Å². The van der Waals surface area contributed by atoms with Gasteiger partial charge in [0.05, 0.1) is 6.42 Å². The minimum atomic E-state index is 0.204. The number of nitrogens with two attached hydrogens (primary N) is 1. The van der Waals surface area contributed by atoms with E-state index < -0.39 is 0 Å². The Bertz CT molecular complexity index is 407. The molecule has 19 heavy (non-hydrogen) atoms. The fraction of sp³-hybridized carbons (Fsp3) is 0.562. The summed E-state index contributed by atoms with van der Waals surface area (Å²) in [7, 11) is 1.92. The Kier molecular flexibility index (Phi) is 4.83. The van der Waals surface area contributed by atoms with Gasteiger partial charge >= 0.3 is 0 Å². The van der Waals surface area contributed by atoms with Crippen molar-refractivity contribution in [3.8, 4) is 0 Å². The third-order valence-electron chi connectivity index (χ3n) is 4.02. The Balaban J connectivity index is 1.83. The largest absolute Gasteiger partial charge is 0.399 e. The highest BCUT2D eigenvalue weighted by molar-refractivity contribution is 5.78. The molecule has 1 aromatic rings. The van der Waals surface area contributed by atoms with Crippen molar-refractivity contribution in [1.82, 2.24) is 4.90 Å². The van der Waals surface area contributed by atoms with E-state index in [-0.39, 0.29) is 5.91 Å². The predicted octanol–water partition coefficient (Wildman–Crippen LogP) is 2.85. The molecular formula is C16H24N2O. The quantitative estimate of drug-likeness (QED) is 0.846. The van der Waals surface area contributed by atoms with Crippen LogP contribution in [0.15, 0.2) is 24.3 Å². The standard InChI is InChI=1S/C16H24N2O/c1-18(12-14-5-3-2-4-6-14)16(19)11-13-7-9-15(17)10-8-13/h7-10,14H,2-6,11-12,17H2,1H3. The van der Waals surface area contributed by atoms with Crippen LogP contribution in [0.25, 0.3) is 0 Å². The van der Waals surface area contributed by atoms with Crippen molar-refractivity contribution in [1.29, 1.82) is 0 Å².